The summed E-state index contributed by atoms with van der Waals surface area (Å²) in [5.74, 6) is 0.336. The van der Waals surface area contributed by atoms with Crippen LogP contribution in [0.25, 0.3) is 22.5 Å². The minimum atomic E-state index is -0.115. The van der Waals surface area contributed by atoms with Crippen molar-refractivity contribution in [2.24, 2.45) is 7.05 Å². The molecule has 0 saturated heterocycles. The van der Waals surface area contributed by atoms with Gasteiger partial charge in [0.15, 0.2) is 5.82 Å². The average molecular weight is 392 g/mol. The molecule has 0 aliphatic carbocycles. The normalized spacial score (nSPS) is 10.9. The van der Waals surface area contributed by atoms with Gasteiger partial charge in [0.05, 0.1) is 11.4 Å². The quantitative estimate of drug-likeness (QED) is 0.484. The lowest BCUT2D eigenvalue weighted by atomic mass is 10.0. The van der Waals surface area contributed by atoms with Gasteiger partial charge in [0.1, 0.15) is 0 Å². The van der Waals surface area contributed by atoms with Gasteiger partial charge in [-0.1, -0.05) is 85.8 Å². The first-order valence-electron chi connectivity index (χ1n) is 10.5. The molecule has 1 amide bonds. The Morgan fingerprint density at radius 2 is 1.52 bits per heavy atom. The monoisotopic (exact) mass is 391 g/mol. The van der Waals surface area contributed by atoms with Gasteiger partial charge in [0.25, 0.3) is 5.91 Å². The smallest absolute Gasteiger partial charge is 0.287 e. The van der Waals surface area contributed by atoms with Gasteiger partial charge in [-0.3, -0.25) is 4.79 Å². The lowest BCUT2D eigenvalue weighted by molar-refractivity contribution is 0.0939. The van der Waals surface area contributed by atoms with Crippen LogP contribution in [0.1, 0.15) is 55.8 Å². The van der Waals surface area contributed by atoms with E-state index in [0.29, 0.717) is 12.4 Å². The number of hydrogen-bond donors (Lipinski definition) is 1. The first-order valence-corrected chi connectivity index (χ1v) is 10.5. The van der Waals surface area contributed by atoms with Crippen LogP contribution in [-0.4, -0.2) is 22.0 Å². The maximum Gasteiger partial charge on any atom is 0.287 e. The Hall–Kier alpha value is -2.88. The van der Waals surface area contributed by atoms with Crippen LogP contribution < -0.4 is 5.32 Å². The molecule has 0 aliphatic rings. The van der Waals surface area contributed by atoms with Crippen molar-refractivity contribution in [1.29, 1.82) is 0 Å². The molecule has 4 nitrogen and oxygen atoms in total. The number of aromatic nitrogens is 2. The summed E-state index contributed by atoms with van der Waals surface area (Å²) < 4.78 is 1.92. The highest BCUT2D eigenvalue weighted by molar-refractivity contribution is 5.94. The third-order valence-electron chi connectivity index (χ3n) is 5.26. The van der Waals surface area contributed by atoms with Crippen molar-refractivity contribution in [3.05, 3.63) is 65.5 Å². The standard InChI is InChI=1S/C25H31N3O.H2/c1-5-6-7-8-17-26-25(29)24-27-22(20-13-9-18(2)10-14-20)23(28(24)4)21-15-11-19(3)12-16-21;/h9-16H,5-8,17H2,1-4H3,(H,26,29);1H. The summed E-state index contributed by atoms with van der Waals surface area (Å²) in [6.07, 6.45) is 4.53. The van der Waals surface area contributed by atoms with E-state index >= 15 is 0 Å². The molecule has 0 saturated carbocycles. The first-order chi connectivity index (χ1) is 14.0. The summed E-state index contributed by atoms with van der Waals surface area (Å²) in [5.41, 5.74) is 6.29. The number of carbonyl (C=O) groups is 1. The van der Waals surface area contributed by atoms with Crippen LogP contribution in [0.4, 0.5) is 0 Å². The zero-order valence-electron chi connectivity index (χ0n) is 18.0. The first kappa shape index (κ1) is 20.8. The Balaban J connectivity index is 0.00000320. The molecule has 0 unspecified atom stereocenters. The minimum Gasteiger partial charge on any atom is -0.349 e. The summed E-state index contributed by atoms with van der Waals surface area (Å²) in [6, 6.07) is 16.7. The lowest BCUT2D eigenvalue weighted by Crippen LogP contribution is -2.27. The molecule has 3 rings (SSSR count). The van der Waals surface area contributed by atoms with E-state index < -0.39 is 0 Å². The van der Waals surface area contributed by atoms with Crippen molar-refractivity contribution < 1.29 is 6.22 Å². The van der Waals surface area contributed by atoms with Gasteiger partial charge in [-0.05, 0) is 20.3 Å². The van der Waals surface area contributed by atoms with Crippen LogP contribution in [0.15, 0.2) is 48.5 Å². The van der Waals surface area contributed by atoms with Crippen molar-refractivity contribution in [2.45, 2.75) is 46.5 Å². The molecule has 29 heavy (non-hydrogen) atoms. The van der Waals surface area contributed by atoms with E-state index in [2.05, 4.69) is 74.6 Å². The van der Waals surface area contributed by atoms with E-state index in [9.17, 15) is 4.79 Å². The van der Waals surface area contributed by atoms with Gasteiger partial charge in [0.2, 0.25) is 0 Å². The largest absolute Gasteiger partial charge is 0.349 e. The Labute approximate surface area is 175 Å². The number of nitrogens with zero attached hydrogens (tertiary/aromatic N) is 2. The average Bonchev–Trinajstić information content (AvgIpc) is 3.06. The molecule has 0 aliphatic heterocycles. The maximum absolute atomic E-state index is 12.8. The number of nitrogens with one attached hydrogen (secondary N) is 1. The Morgan fingerprint density at radius 1 is 0.931 bits per heavy atom. The van der Waals surface area contributed by atoms with Crippen LogP contribution in [0.3, 0.4) is 0 Å². The third-order valence-corrected chi connectivity index (χ3v) is 5.26. The predicted molar refractivity (Wildman–Crippen MR) is 122 cm³/mol. The fourth-order valence-corrected chi connectivity index (χ4v) is 3.49. The second-order valence-electron chi connectivity index (χ2n) is 7.74. The minimum absolute atomic E-state index is 0. The molecule has 2 aromatic carbocycles. The Morgan fingerprint density at radius 3 is 2.10 bits per heavy atom. The summed E-state index contributed by atoms with van der Waals surface area (Å²) in [6.45, 7) is 7.02. The summed E-state index contributed by atoms with van der Waals surface area (Å²) in [7, 11) is 1.92. The van der Waals surface area contributed by atoms with E-state index in [4.69, 9.17) is 4.98 Å². The number of benzene rings is 2. The summed E-state index contributed by atoms with van der Waals surface area (Å²) in [5, 5.41) is 3.04. The maximum atomic E-state index is 12.8. The van der Waals surface area contributed by atoms with Gasteiger partial charge in [-0.25, -0.2) is 4.98 Å². The predicted octanol–water partition coefficient (Wildman–Crippen LogP) is 5.93. The molecular weight excluding hydrogens is 358 g/mol. The summed E-state index contributed by atoms with van der Waals surface area (Å²) >= 11 is 0. The zero-order valence-corrected chi connectivity index (χ0v) is 18.0. The molecule has 1 aromatic heterocycles. The molecule has 1 N–H and O–H groups in total. The van der Waals surface area contributed by atoms with Gasteiger partial charge < -0.3 is 9.88 Å². The second kappa shape index (κ2) is 9.55. The van der Waals surface area contributed by atoms with Crippen LogP contribution >= 0.6 is 0 Å². The molecule has 0 bridgehead atoms. The fourth-order valence-electron chi connectivity index (χ4n) is 3.49. The Kier molecular flexibility index (Phi) is 6.86. The Bertz CT molecular complexity index is 959. The highest BCUT2D eigenvalue weighted by Gasteiger charge is 2.22. The van der Waals surface area contributed by atoms with Crippen molar-refractivity contribution in [3.63, 3.8) is 0 Å². The van der Waals surface area contributed by atoms with Gasteiger partial charge >= 0.3 is 0 Å². The van der Waals surface area contributed by atoms with Crippen LogP contribution in [-0.2, 0) is 7.05 Å². The van der Waals surface area contributed by atoms with E-state index in [0.717, 1.165) is 35.4 Å². The second-order valence-corrected chi connectivity index (χ2v) is 7.74. The van der Waals surface area contributed by atoms with Gasteiger partial charge in [0, 0.05) is 26.1 Å². The van der Waals surface area contributed by atoms with Crippen LogP contribution in [0, 0.1) is 13.8 Å². The van der Waals surface area contributed by atoms with E-state index in [1.165, 1.54) is 24.0 Å². The zero-order chi connectivity index (χ0) is 20.8. The molecule has 0 radical (unpaired) electrons. The lowest BCUT2D eigenvalue weighted by Gasteiger charge is -2.09. The fraction of sp³-hybridized carbons (Fsp3) is 0.360. The SMILES string of the molecule is CCCCCCNC(=O)c1nc(-c2ccc(C)cc2)c(-c2ccc(C)cc2)n1C.[HH]. The molecule has 0 spiro atoms. The van der Waals surface area contributed by atoms with Crippen LogP contribution in [0.5, 0.6) is 0 Å². The van der Waals surface area contributed by atoms with Crippen molar-refractivity contribution >= 4 is 5.91 Å². The van der Waals surface area contributed by atoms with E-state index in [1.807, 2.05) is 11.6 Å². The number of imidazole rings is 1. The number of amides is 1. The highest BCUT2D eigenvalue weighted by Crippen LogP contribution is 2.32. The number of hydrogen-bond acceptors (Lipinski definition) is 2. The number of aryl methyl sites for hydroxylation is 2. The third kappa shape index (κ3) is 4.94. The van der Waals surface area contributed by atoms with Crippen molar-refractivity contribution in [2.75, 3.05) is 6.54 Å². The van der Waals surface area contributed by atoms with Gasteiger partial charge in [-0.2, -0.15) is 0 Å². The highest BCUT2D eigenvalue weighted by atomic mass is 16.2. The van der Waals surface area contributed by atoms with Crippen molar-refractivity contribution in [1.82, 2.24) is 14.9 Å². The molecule has 154 valence electrons. The molecule has 1 heterocycles. The van der Waals surface area contributed by atoms with Crippen molar-refractivity contribution in [3.8, 4) is 22.5 Å². The topological polar surface area (TPSA) is 46.9 Å². The molecule has 0 fully saturated rings. The summed E-state index contributed by atoms with van der Waals surface area (Å²) in [4.78, 5) is 17.6. The molecule has 0 atom stereocenters. The molecular formula is C25H33N3O. The molecule has 3 aromatic rings. The van der Waals surface area contributed by atoms with Gasteiger partial charge in [-0.15, -0.1) is 0 Å². The number of carbonyl (C=O) groups excluding carboxylic acids is 1. The van der Waals surface area contributed by atoms with E-state index in [1.54, 1.807) is 0 Å². The number of rotatable bonds is 8. The van der Waals surface area contributed by atoms with Crippen LogP contribution in [0.2, 0.25) is 0 Å². The molecule has 4 heteroatoms. The number of unbranched alkanes of at least 4 members (excludes halogenated alkanes) is 3. The van der Waals surface area contributed by atoms with E-state index in [-0.39, 0.29) is 7.33 Å².